The Bertz CT molecular complexity index is 391. The van der Waals surface area contributed by atoms with Crippen LogP contribution in [0.1, 0.15) is 18.9 Å². The molecular weight excluding hydrogens is 205 g/mol. The Balaban J connectivity index is 1.97. The number of carbonyl (C=O) groups is 1. The predicted molar refractivity (Wildman–Crippen MR) is 60.5 cm³/mol. The van der Waals surface area contributed by atoms with Gasteiger partial charge in [0.25, 0.3) is 0 Å². The third-order valence-corrected chi connectivity index (χ3v) is 3.02. The largest absolute Gasteiger partial charge is 0.342 e. The number of nitrogens with zero attached hydrogens (tertiary/aromatic N) is 1. The summed E-state index contributed by atoms with van der Waals surface area (Å²) in [6.07, 6.45) is 1.39. The summed E-state index contributed by atoms with van der Waals surface area (Å²) in [5.74, 6) is 0.423. The van der Waals surface area contributed by atoms with E-state index in [1.54, 1.807) is 12.1 Å². The summed E-state index contributed by atoms with van der Waals surface area (Å²) in [7, 11) is 0. The van der Waals surface area contributed by atoms with Crippen molar-refractivity contribution in [3.8, 4) is 0 Å². The number of amides is 1. The molecule has 1 aliphatic heterocycles. The molecule has 1 aliphatic rings. The molecular formula is C13H16FNO. The third-order valence-electron chi connectivity index (χ3n) is 3.02. The summed E-state index contributed by atoms with van der Waals surface area (Å²) >= 11 is 0. The average Bonchev–Trinajstić information content (AvgIpc) is 2.65. The highest BCUT2D eigenvalue weighted by Crippen LogP contribution is 2.16. The Hall–Kier alpha value is -1.38. The van der Waals surface area contributed by atoms with Crippen LogP contribution >= 0.6 is 0 Å². The molecule has 0 aliphatic carbocycles. The van der Waals surface area contributed by atoms with E-state index >= 15 is 0 Å². The molecule has 3 heteroatoms. The number of halogens is 1. The first-order valence-corrected chi connectivity index (χ1v) is 5.67. The molecule has 1 saturated heterocycles. The molecule has 1 aromatic carbocycles. The molecule has 0 N–H and O–H groups in total. The number of benzene rings is 1. The molecule has 1 fully saturated rings. The van der Waals surface area contributed by atoms with E-state index in [-0.39, 0.29) is 11.7 Å². The van der Waals surface area contributed by atoms with Gasteiger partial charge in [0, 0.05) is 13.1 Å². The maximum Gasteiger partial charge on any atom is 0.227 e. The highest BCUT2D eigenvalue weighted by Gasteiger charge is 2.22. The fourth-order valence-corrected chi connectivity index (χ4v) is 2.09. The normalized spacial score (nSPS) is 20.1. The fourth-order valence-electron chi connectivity index (χ4n) is 2.09. The van der Waals surface area contributed by atoms with Gasteiger partial charge in [-0.2, -0.15) is 0 Å². The first-order chi connectivity index (χ1) is 7.65. The van der Waals surface area contributed by atoms with E-state index in [9.17, 15) is 9.18 Å². The minimum absolute atomic E-state index is 0.106. The van der Waals surface area contributed by atoms with Gasteiger partial charge < -0.3 is 4.90 Å². The van der Waals surface area contributed by atoms with Gasteiger partial charge in [-0.3, -0.25) is 4.79 Å². The molecule has 0 saturated carbocycles. The Labute approximate surface area is 95.1 Å². The summed E-state index contributed by atoms with van der Waals surface area (Å²) in [5.41, 5.74) is 0.754. The number of hydrogen-bond acceptors (Lipinski definition) is 1. The zero-order chi connectivity index (χ0) is 11.5. The van der Waals surface area contributed by atoms with Crippen molar-refractivity contribution < 1.29 is 9.18 Å². The zero-order valence-electron chi connectivity index (χ0n) is 9.45. The molecule has 1 heterocycles. The Kier molecular flexibility index (Phi) is 3.22. The first kappa shape index (κ1) is 11.1. The third kappa shape index (κ3) is 2.60. The Morgan fingerprint density at radius 2 is 2.38 bits per heavy atom. The molecule has 2 rings (SSSR count). The van der Waals surface area contributed by atoms with Gasteiger partial charge in [-0.25, -0.2) is 4.39 Å². The smallest absolute Gasteiger partial charge is 0.227 e. The van der Waals surface area contributed by atoms with Gasteiger partial charge in [0.2, 0.25) is 5.91 Å². The van der Waals surface area contributed by atoms with Crippen LogP contribution in [0.3, 0.4) is 0 Å². The molecule has 1 atom stereocenters. The van der Waals surface area contributed by atoms with Crippen LogP contribution in [0.4, 0.5) is 4.39 Å². The second kappa shape index (κ2) is 4.64. The van der Waals surface area contributed by atoms with E-state index < -0.39 is 0 Å². The second-order valence-electron chi connectivity index (χ2n) is 4.54. The molecule has 0 bridgehead atoms. The average molecular weight is 221 g/mol. The van der Waals surface area contributed by atoms with Crippen molar-refractivity contribution in [3.63, 3.8) is 0 Å². The van der Waals surface area contributed by atoms with Crippen LogP contribution in [0.2, 0.25) is 0 Å². The zero-order valence-corrected chi connectivity index (χ0v) is 9.45. The van der Waals surface area contributed by atoms with Crippen molar-refractivity contribution in [2.75, 3.05) is 13.1 Å². The number of rotatable bonds is 2. The maximum atomic E-state index is 12.9. The van der Waals surface area contributed by atoms with Crippen LogP contribution in [0.15, 0.2) is 24.3 Å². The lowest BCUT2D eigenvalue weighted by Gasteiger charge is -2.15. The van der Waals surface area contributed by atoms with Crippen molar-refractivity contribution in [3.05, 3.63) is 35.6 Å². The van der Waals surface area contributed by atoms with Crippen LogP contribution in [0.5, 0.6) is 0 Å². The van der Waals surface area contributed by atoms with Crippen molar-refractivity contribution in [2.45, 2.75) is 19.8 Å². The van der Waals surface area contributed by atoms with E-state index in [1.807, 2.05) is 4.90 Å². The summed E-state index contributed by atoms with van der Waals surface area (Å²) in [4.78, 5) is 13.7. The van der Waals surface area contributed by atoms with Crippen molar-refractivity contribution in [1.29, 1.82) is 0 Å². The van der Waals surface area contributed by atoms with Crippen molar-refractivity contribution in [1.82, 2.24) is 4.90 Å². The maximum absolute atomic E-state index is 12.9. The lowest BCUT2D eigenvalue weighted by atomic mass is 10.1. The van der Waals surface area contributed by atoms with Gasteiger partial charge in [-0.05, 0) is 30.0 Å². The van der Waals surface area contributed by atoms with E-state index in [2.05, 4.69) is 6.92 Å². The first-order valence-electron chi connectivity index (χ1n) is 5.67. The van der Waals surface area contributed by atoms with Gasteiger partial charge in [0.05, 0.1) is 6.42 Å². The van der Waals surface area contributed by atoms with Gasteiger partial charge >= 0.3 is 0 Å². The number of carbonyl (C=O) groups excluding carboxylic acids is 1. The highest BCUT2D eigenvalue weighted by molar-refractivity contribution is 5.79. The summed E-state index contributed by atoms with van der Waals surface area (Å²) < 4.78 is 12.9. The van der Waals surface area contributed by atoms with Gasteiger partial charge in [0.1, 0.15) is 5.82 Å². The number of likely N-dealkylation sites (tertiary alicyclic amines) is 1. The second-order valence-corrected chi connectivity index (χ2v) is 4.54. The minimum Gasteiger partial charge on any atom is -0.342 e. The van der Waals surface area contributed by atoms with Gasteiger partial charge in [0.15, 0.2) is 0 Å². The van der Waals surface area contributed by atoms with Crippen LogP contribution < -0.4 is 0 Å². The molecule has 0 radical (unpaired) electrons. The van der Waals surface area contributed by atoms with E-state index in [0.29, 0.717) is 12.3 Å². The van der Waals surface area contributed by atoms with Crippen LogP contribution in [-0.2, 0) is 11.2 Å². The number of hydrogen-bond donors (Lipinski definition) is 0. The summed E-state index contributed by atoms with van der Waals surface area (Å²) in [5, 5.41) is 0. The molecule has 0 spiro atoms. The van der Waals surface area contributed by atoms with Gasteiger partial charge in [-0.15, -0.1) is 0 Å². The fraction of sp³-hybridized carbons (Fsp3) is 0.462. The van der Waals surface area contributed by atoms with E-state index in [0.717, 1.165) is 25.1 Å². The minimum atomic E-state index is -0.278. The SMILES string of the molecule is CC1CCN(C(=O)Cc2cccc(F)c2)C1. The molecule has 86 valence electrons. The monoisotopic (exact) mass is 221 g/mol. The topological polar surface area (TPSA) is 20.3 Å². The van der Waals surface area contributed by atoms with E-state index in [1.165, 1.54) is 12.1 Å². The predicted octanol–water partition coefficient (Wildman–Crippen LogP) is 2.24. The highest BCUT2D eigenvalue weighted by atomic mass is 19.1. The summed E-state index contributed by atoms with van der Waals surface area (Å²) in [6.45, 7) is 3.83. The molecule has 2 nitrogen and oxygen atoms in total. The Morgan fingerprint density at radius 1 is 1.56 bits per heavy atom. The molecule has 16 heavy (non-hydrogen) atoms. The molecule has 1 amide bonds. The summed E-state index contributed by atoms with van der Waals surface area (Å²) in [6, 6.07) is 6.26. The van der Waals surface area contributed by atoms with Gasteiger partial charge in [-0.1, -0.05) is 19.1 Å². The van der Waals surface area contributed by atoms with Crippen molar-refractivity contribution in [2.24, 2.45) is 5.92 Å². The molecule has 0 aromatic heterocycles. The van der Waals surface area contributed by atoms with Crippen LogP contribution in [-0.4, -0.2) is 23.9 Å². The van der Waals surface area contributed by atoms with Crippen LogP contribution in [0.25, 0.3) is 0 Å². The lowest BCUT2D eigenvalue weighted by molar-refractivity contribution is -0.129. The Morgan fingerprint density at radius 3 is 3.00 bits per heavy atom. The molecule has 1 aromatic rings. The van der Waals surface area contributed by atoms with Crippen LogP contribution in [0, 0.1) is 11.7 Å². The standard InChI is InChI=1S/C13H16FNO/c1-10-5-6-15(9-10)13(16)8-11-3-2-4-12(14)7-11/h2-4,7,10H,5-6,8-9H2,1H3. The quantitative estimate of drug-likeness (QED) is 0.750. The lowest BCUT2D eigenvalue weighted by Crippen LogP contribution is -2.29. The van der Waals surface area contributed by atoms with Crippen molar-refractivity contribution >= 4 is 5.91 Å². The molecule has 1 unspecified atom stereocenters. The van der Waals surface area contributed by atoms with E-state index in [4.69, 9.17) is 0 Å².